The summed E-state index contributed by atoms with van der Waals surface area (Å²) in [6.45, 7) is 7.32. The molecular formula is C16H19F3N2. The highest BCUT2D eigenvalue weighted by atomic mass is 19.2. The van der Waals surface area contributed by atoms with Crippen molar-refractivity contribution in [1.82, 2.24) is 4.90 Å². The van der Waals surface area contributed by atoms with Crippen molar-refractivity contribution >= 4 is 0 Å². The second-order valence-electron chi connectivity index (χ2n) is 6.51. The van der Waals surface area contributed by atoms with Crippen LogP contribution in [0, 0.1) is 34.7 Å². The molecular weight excluding hydrogens is 277 g/mol. The zero-order valence-electron chi connectivity index (χ0n) is 12.5. The fourth-order valence-corrected chi connectivity index (χ4v) is 2.86. The highest BCUT2D eigenvalue weighted by molar-refractivity contribution is 5.27. The molecule has 2 rings (SSSR count). The largest absolute Gasteiger partial charge is 0.298 e. The molecule has 1 unspecified atom stereocenters. The maximum Gasteiger partial charge on any atom is 0.194 e. The first-order valence-corrected chi connectivity index (χ1v) is 7.03. The molecule has 2 atom stereocenters. The molecule has 1 aliphatic heterocycles. The number of piperidine rings is 1. The van der Waals surface area contributed by atoms with Crippen LogP contribution in [0.1, 0.15) is 38.7 Å². The number of likely N-dealkylation sites (tertiary alicyclic amines) is 1. The van der Waals surface area contributed by atoms with Gasteiger partial charge in [0.25, 0.3) is 0 Å². The van der Waals surface area contributed by atoms with Crippen LogP contribution in [0.15, 0.2) is 12.1 Å². The third-order valence-corrected chi connectivity index (χ3v) is 4.19. The summed E-state index contributed by atoms with van der Waals surface area (Å²) in [5.41, 5.74) is -0.0253. The molecule has 1 aromatic rings. The van der Waals surface area contributed by atoms with E-state index in [1.807, 2.05) is 20.8 Å². The summed E-state index contributed by atoms with van der Waals surface area (Å²) in [6.07, 6.45) is 0.594. The number of halogens is 3. The summed E-state index contributed by atoms with van der Waals surface area (Å²) in [5.74, 6) is -4.66. The summed E-state index contributed by atoms with van der Waals surface area (Å²) in [6, 6.07) is 4.36. The van der Waals surface area contributed by atoms with E-state index in [1.54, 1.807) is 0 Å². The second kappa shape index (κ2) is 5.69. The molecule has 5 heteroatoms. The number of hydrogen-bond donors (Lipinski definition) is 0. The summed E-state index contributed by atoms with van der Waals surface area (Å²) in [7, 11) is 0. The van der Waals surface area contributed by atoms with Crippen molar-refractivity contribution in [3.8, 4) is 6.07 Å². The molecule has 21 heavy (non-hydrogen) atoms. The van der Waals surface area contributed by atoms with Crippen molar-refractivity contribution in [2.45, 2.75) is 38.6 Å². The first-order valence-electron chi connectivity index (χ1n) is 7.03. The molecule has 0 amide bonds. The summed E-state index contributed by atoms with van der Waals surface area (Å²) in [5, 5.41) is 9.27. The van der Waals surface area contributed by atoms with Gasteiger partial charge in [-0.05, 0) is 45.4 Å². The smallest absolute Gasteiger partial charge is 0.194 e. The maximum atomic E-state index is 14.0. The molecule has 0 radical (unpaired) electrons. The molecule has 0 aliphatic carbocycles. The van der Waals surface area contributed by atoms with Gasteiger partial charge < -0.3 is 0 Å². The van der Waals surface area contributed by atoms with E-state index in [4.69, 9.17) is 0 Å². The van der Waals surface area contributed by atoms with Gasteiger partial charge in [0.05, 0.1) is 12.0 Å². The van der Waals surface area contributed by atoms with Gasteiger partial charge in [0, 0.05) is 18.0 Å². The molecule has 0 spiro atoms. The van der Waals surface area contributed by atoms with Gasteiger partial charge in [-0.15, -0.1) is 0 Å². The van der Waals surface area contributed by atoms with Crippen molar-refractivity contribution in [3.05, 3.63) is 35.1 Å². The van der Waals surface area contributed by atoms with Crippen LogP contribution >= 0.6 is 0 Å². The van der Waals surface area contributed by atoms with E-state index >= 15 is 0 Å². The highest BCUT2D eigenvalue weighted by Crippen LogP contribution is 2.36. The van der Waals surface area contributed by atoms with Gasteiger partial charge in [0.1, 0.15) is 0 Å². The Morgan fingerprint density at radius 3 is 2.43 bits per heavy atom. The van der Waals surface area contributed by atoms with Gasteiger partial charge in [-0.2, -0.15) is 5.26 Å². The Morgan fingerprint density at radius 2 is 1.86 bits per heavy atom. The fraction of sp³-hybridized carbons (Fsp3) is 0.562. The van der Waals surface area contributed by atoms with E-state index in [2.05, 4.69) is 11.0 Å². The molecule has 2 nitrogen and oxygen atoms in total. The third kappa shape index (κ3) is 3.06. The van der Waals surface area contributed by atoms with Crippen LogP contribution in [0.25, 0.3) is 0 Å². The van der Waals surface area contributed by atoms with Gasteiger partial charge in [0.2, 0.25) is 0 Å². The predicted octanol–water partition coefficient (Wildman–Crippen LogP) is 3.83. The lowest BCUT2D eigenvalue weighted by Crippen LogP contribution is -2.49. The average molecular weight is 296 g/mol. The maximum absolute atomic E-state index is 14.0. The molecule has 0 aromatic heterocycles. The van der Waals surface area contributed by atoms with Crippen molar-refractivity contribution in [2.24, 2.45) is 5.92 Å². The first kappa shape index (κ1) is 15.8. The van der Waals surface area contributed by atoms with Crippen molar-refractivity contribution in [1.29, 1.82) is 5.26 Å². The van der Waals surface area contributed by atoms with Crippen LogP contribution in [0.5, 0.6) is 0 Å². The van der Waals surface area contributed by atoms with Gasteiger partial charge in [0.15, 0.2) is 17.5 Å². The molecule has 0 saturated carbocycles. The van der Waals surface area contributed by atoms with Crippen LogP contribution < -0.4 is 0 Å². The fourth-order valence-electron chi connectivity index (χ4n) is 2.86. The third-order valence-electron chi connectivity index (χ3n) is 4.19. The van der Waals surface area contributed by atoms with E-state index in [0.717, 1.165) is 12.6 Å². The SMILES string of the molecule is CC(C)(C)N1CCC(C#N)[C@H](c2ccc(F)c(F)c2F)C1. The zero-order valence-corrected chi connectivity index (χ0v) is 12.5. The topological polar surface area (TPSA) is 27.0 Å². The van der Waals surface area contributed by atoms with Gasteiger partial charge in [-0.1, -0.05) is 6.07 Å². The Bertz CT molecular complexity index is 572. The number of nitrogens with zero attached hydrogens (tertiary/aromatic N) is 2. The molecule has 1 fully saturated rings. The zero-order chi connectivity index (χ0) is 15.8. The minimum absolute atomic E-state index is 0.0920. The molecule has 1 aromatic carbocycles. The summed E-state index contributed by atoms with van der Waals surface area (Å²) < 4.78 is 40.6. The van der Waals surface area contributed by atoms with Crippen molar-refractivity contribution in [2.75, 3.05) is 13.1 Å². The monoisotopic (exact) mass is 296 g/mol. The lowest BCUT2D eigenvalue weighted by molar-refractivity contribution is 0.0831. The van der Waals surface area contributed by atoms with Crippen molar-refractivity contribution < 1.29 is 13.2 Å². The van der Waals surface area contributed by atoms with Crippen LogP contribution in [0.4, 0.5) is 13.2 Å². The Morgan fingerprint density at radius 1 is 1.19 bits per heavy atom. The predicted molar refractivity (Wildman–Crippen MR) is 74.1 cm³/mol. The molecule has 114 valence electrons. The lowest BCUT2D eigenvalue weighted by atomic mass is 9.80. The molecule has 0 bridgehead atoms. The Balaban J connectivity index is 2.39. The molecule has 1 heterocycles. The van der Waals surface area contributed by atoms with E-state index < -0.39 is 23.4 Å². The quantitative estimate of drug-likeness (QED) is 0.736. The standard InChI is InChI=1S/C16H19F3N2/c1-16(2,3)21-7-6-10(8-20)12(9-21)11-4-5-13(17)15(19)14(11)18/h4-5,10,12H,6-7,9H2,1-3H3/t10?,12-/m1/s1. The Hall–Kier alpha value is -1.54. The summed E-state index contributed by atoms with van der Waals surface area (Å²) >= 11 is 0. The summed E-state index contributed by atoms with van der Waals surface area (Å²) in [4.78, 5) is 2.15. The first-order chi connectivity index (χ1) is 9.75. The van der Waals surface area contributed by atoms with Crippen LogP contribution in [-0.4, -0.2) is 23.5 Å². The minimum atomic E-state index is -1.46. The Labute approximate surface area is 123 Å². The van der Waals surface area contributed by atoms with E-state index in [0.29, 0.717) is 13.0 Å². The number of rotatable bonds is 1. The number of benzene rings is 1. The van der Waals surface area contributed by atoms with Crippen LogP contribution in [0.3, 0.4) is 0 Å². The van der Waals surface area contributed by atoms with Gasteiger partial charge in [-0.3, -0.25) is 4.90 Å². The average Bonchev–Trinajstić information content (AvgIpc) is 2.43. The van der Waals surface area contributed by atoms with E-state index in [9.17, 15) is 18.4 Å². The van der Waals surface area contributed by atoms with Gasteiger partial charge >= 0.3 is 0 Å². The van der Waals surface area contributed by atoms with E-state index in [-0.39, 0.29) is 17.0 Å². The highest BCUT2D eigenvalue weighted by Gasteiger charge is 2.36. The molecule has 1 saturated heterocycles. The lowest BCUT2D eigenvalue weighted by Gasteiger charge is -2.43. The van der Waals surface area contributed by atoms with Crippen LogP contribution in [0.2, 0.25) is 0 Å². The number of nitriles is 1. The number of hydrogen-bond acceptors (Lipinski definition) is 2. The second-order valence-corrected chi connectivity index (χ2v) is 6.51. The van der Waals surface area contributed by atoms with Crippen LogP contribution in [-0.2, 0) is 0 Å². The Kier molecular flexibility index (Phi) is 4.29. The van der Waals surface area contributed by atoms with Crippen molar-refractivity contribution in [3.63, 3.8) is 0 Å². The molecule has 0 N–H and O–H groups in total. The van der Waals surface area contributed by atoms with Gasteiger partial charge in [-0.25, -0.2) is 13.2 Å². The normalized spacial score (nSPS) is 23.9. The van der Waals surface area contributed by atoms with E-state index in [1.165, 1.54) is 6.07 Å². The minimum Gasteiger partial charge on any atom is -0.298 e. The molecule has 1 aliphatic rings.